The summed E-state index contributed by atoms with van der Waals surface area (Å²) in [5.74, 6) is -2.97. The maximum atomic E-state index is 13.5. The van der Waals surface area contributed by atoms with Crippen molar-refractivity contribution in [3.8, 4) is 0 Å². The summed E-state index contributed by atoms with van der Waals surface area (Å²) in [5, 5.41) is 5.44. The first-order chi connectivity index (χ1) is 13.3. The maximum Gasteiger partial charge on any atom is 0.338 e. The normalized spacial score (nSPS) is 17.3. The summed E-state index contributed by atoms with van der Waals surface area (Å²) in [4.78, 5) is 27.4. The maximum absolute atomic E-state index is 13.5. The molecule has 1 aromatic carbocycles. The van der Waals surface area contributed by atoms with E-state index in [0.717, 1.165) is 0 Å². The van der Waals surface area contributed by atoms with E-state index in [9.17, 15) is 18.4 Å². The van der Waals surface area contributed by atoms with Crippen LogP contribution >= 0.6 is 0 Å². The van der Waals surface area contributed by atoms with Crippen molar-refractivity contribution >= 4 is 27.8 Å². The monoisotopic (exact) mass is 389 g/mol. The van der Waals surface area contributed by atoms with Gasteiger partial charge < -0.3 is 9.72 Å². The Bertz CT molecular complexity index is 1120. The van der Waals surface area contributed by atoms with Crippen LogP contribution in [0, 0.1) is 12.8 Å². The number of halogens is 2. The fourth-order valence-corrected chi connectivity index (χ4v) is 4.03. The van der Waals surface area contributed by atoms with E-state index in [1.807, 2.05) is 0 Å². The number of ether oxygens (including phenoxy) is 1. The molecule has 1 N–H and O–H groups in total. The topological polar surface area (TPSA) is 77.0 Å². The van der Waals surface area contributed by atoms with Crippen LogP contribution in [0.5, 0.6) is 0 Å². The molecule has 6 nitrogen and oxygen atoms in total. The third-order valence-corrected chi connectivity index (χ3v) is 5.63. The van der Waals surface area contributed by atoms with Gasteiger partial charge in [0.25, 0.3) is 5.56 Å². The average molecular weight is 389 g/mol. The predicted octanol–water partition coefficient (Wildman–Crippen LogP) is 3.80. The molecule has 1 aliphatic carbocycles. The fraction of sp³-hybridized carbons (Fsp3) is 0.450. The SMILES string of the molecule is COC(=O)c1cc2c(cc1C)[nH]c(=O)c1cnn(CC3CCC(F)(F)CC3)c12. The van der Waals surface area contributed by atoms with E-state index in [1.165, 1.54) is 13.3 Å². The zero-order valence-electron chi connectivity index (χ0n) is 15.7. The number of fused-ring (bicyclic) bond motifs is 3. The summed E-state index contributed by atoms with van der Waals surface area (Å²) in [6.45, 7) is 2.23. The molecule has 0 unspecified atom stereocenters. The van der Waals surface area contributed by atoms with Gasteiger partial charge in [0.1, 0.15) is 0 Å². The minimum atomic E-state index is -2.58. The van der Waals surface area contributed by atoms with Crippen molar-refractivity contribution in [3.05, 3.63) is 39.8 Å². The summed E-state index contributed by atoms with van der Waals surface area (Å²) in [7, 11) is 1.32. The highest BCUT2D eigenvalue weighted by atomic mass is 19.3. The first-order valence-electron chi connectivity index (χ1n) is 9.27. The molecule has 1 fully saturated rings. The molecule has 0 aliphatic heterocycles. The number of alkyl halides is 2. The number of aromatic nitrogens is 3. The number of hydrogen-bond acceptors (Lipinski definition) is 4. The highest BCUT2D eigenvalue weighted by Gasteiger charge is 2.35. The molecule has 28 heavy (non-hydrogen) atoms. The Morgan fingerprint density at radius 2 is 2.04 bits per heavy atom. The van der Waals surface area contributed by atoms with Gasteiger partial charge in [-0.15, -0.1) is 0 Å². The van der Waals surface area contributed by atoms with E-state index in [0.29, 0.717) is 52.3 Å². The second-order valence-corrected chi connectivity index (χ2v) is 7.55. The summed E-state index contributed by atoms with van der Waals surface area (Å²) in [6.07, 6.45) is 2.08. The van der Waals surface area contributed by atoms with Crippen LogP contribution in [0.2, 0.25) is 0 Å². The van der Waals surface area contributed by atoms with Crippen molar-refractivity contribution in [1.82, 2.24) is 14.8 Å². The summed E-state index contributed by atoms with van der Waals surface area (Å²) < 4.78 is 33.5. The number of nitrogens with zero attached hydrogens (tertiary/aromatic N) is 2. The van der Waals surface area contributed by atoms with Crippen molar-refractivity contribution in [2.75, 3.05) is 7.11 Å². The quantitative estimate of drug-likeness (QED) is 0.692. The van der Waals surface area contributed by atoms with Crippen molar-refractivity contribution in [2.24, 2.45) is 5.92 Å². The van der Waals surface area contributed by atoms with Crippen LogP contribution < -0.4 is 5.56 Å². The molecular formula is C20H21F2N3O3. The molecule has 1 aliphatic rings. The Morgan fingerprint density at radius 1 is 1.32 bits per heavy atom. The van der Waals surface area contributed by atoms with Crippen LogP contribution in [-0.4, -0.2) is 33.8 Å². The first kappa shape index (κ1) is 18.6. The molecule has 3 aromatic rings. The number of benzene rings is 1. The molecule has 8 heteroatoms. The number of esters is 1. The number of methoxy groups -OCH3 is 1. The molecule has 0 bridgehead atoms. The van der Waals surface area contributed by atoms with Crippen molar-refractivity contribution in [3.63, 3.8) is 0 Å². The van der Waals surface area contributed by atoms with Crippen LogP contribution in [0.4, 0.5) is 8.78 Å². The van der Waals surface area contributed by atoms with Gasteiger partial charge in [-0.2, -0.15) is 5.10 Å². The molecule has 0 radical (unpaired) electrons. The number of aromatic amines is 1. The second kappa shape index (κ2) is 6.68. The lowest BCUT2D eigenvalue weighted by atomic mass is 9.87. The fourth-order valence-electron chi connectivity index (χ4n) is 4.03. The van der Waals surface area contributed by atoms with Gasteiger partial charge >= 0.3 is 5.97 Å². The molecule has 2 aromatic heterocycles. The van der Waals surface area contributed by atoms with Gasteiger partial charge in [-0.3, -0.25) is 9.48 Å². The minimum Gasteiger partial charge on any atom is -0.465 e. The molecular weight excluding hydrogens is 368 g/mol. The zero-order valence-corrected chi connectivity index (χ0v) is 15.7. The molecule has 148 valence electrons. The third-order valence-electron chi connectivity index (χ3n) is 5.63. The number of carbonyl (C=O) groups is 1. The lowest BCUT2D eigenvalue weighted by Crippen LogP contribution is -2.27. The molecule has 0 amide bonds. The third kappa shape index (κ3) is 3.16. The lowest BCUT2D eigenvalue weighted by Gasteiger charge is -2.28. The highest BCUT2D eigenvalue weighted by molar-refractivity contribution is 6.06. The lowest BCUT2D eigenvalue weighted by molar-refractivity contribution is -0.0475. The van der Waals surface area contributed by atoms with E-state index in [4.69, 9.17) is 4.74 Å². The number of aryl methyl sites for hydroxylation is 1. The van der Waals surface area contributed by atoms with E-state index in [1.54, 1.807) is 23.7 Å². The van der Waals surface area contributed by atoms with Gasteiger partial charge in [-0.25, -0.2) is 13.6 Å². The molecule has 0 atom stereocenters. The van der Waals surface area contributed by atoms with Crippen molar-refractivity contribution in [2.45, 2.75) is 45.1 Å². The Kier molecular flexibility index (Phi) is 4.44. The molecule has 4 rings (SSSR count). The summed E-state index contributed by atoms with van der Waals surface area (Å²) in [6, 6.07) is 3.43. The number of H-pyrrole nitrogens is 1. The number of carbonyl (C=O) groups excluding carboxylic acids is 1. The molecule has 2 heterocycles. The number of rotatable bonds is 3. The van der Waals surface area contributed by atoms with Gasteiger partial charge in [-0.1, -0.05) is 0 Å². The van der Waals surface area contributed by atoms with Crippen LogP contribution in [0.1, 0.15) is 41.6 Å². The van der Waals surface area contributed by atoms with Gasteiger partial charge in [0.05, 0.1) is 35.3 Å². The number of pyridine rings is 1. The molecule has 1 saturated carbocycles. The van der Waals surface area contributed by atoms with Crippen LogP contribution in [0.25, 0.3) is 21.8 Å². The zero-order chi connectivity index (χ0) is 20.1. The number of nitrogens with one attached hydrogen (secondary N) is 1. The van der Waals surface area contributed by atoms with Crippen LogP contribution in [0.15, 0.2) is 23.1 Å². The Balaban J connectivity index is 1.83. The van der Waals surface area contributed by atoms with Gasteiger partial charge in [0.15, 0.2) is 0 Å². The van der Waals surface area contributed by atoms with Gasteiger partial charge in [0, 0.05) is 24.8 Å². The Hall–Kier alpha value is -2.77. The van der Waals surface area contributed by atoms with Gasteiger partial charge in [-0.05, 0) is 43.4 Å². The summed E-state index contributed by atoms with van der Waals surface area (Å²) >= 11 is 0. The summed E-state index contributed by atoms with van der Waals surface area (Å²) in [5.41, 5.74) is 2.04. The standard InChI is InChI=1S/C20H21F2N3O3/c1-11-7-16-14(8-13(11)19(27)28-2)17-15(18(26)24-16)9-23-25(17)10-12-3-5-20(21,22)6-4-12/h7-9,12H,3-6,10H2,1-2H3,(H,24,26). The van der Waals surface area contributed by atoms with E-state index < -0.39 is 11.9 Å². The largest absolute Gasteiger partial charge is 0.465 e. The Labute approximate surface area is 159 Å². The minimum absolute atomic E-state index is 0.0718. The van der Waals surface area contributed by atoms with E-state index >= 15 is 0 Å². The molecule has 0 spiro atoms. The van der Waals surface area contributed by atoms with E-state index in [2.05, 4.69) is 10.1 Å². The second-order valence-electron chi connectivity index (χ2n) is 7.55. The smallest absolute Gasteiger partial charge is 0.338 e. The first-order valence-corrected chi connectivity index (χ1v) is 9.27. The Morgan fingerprint density at radius 3 is 2.71 bits per heavy atom. The van der Waals surface area contributed by atoms with Crippen molar-refractivity contribution in [1.29, 1.82) is 0 Å². The average Bonchev–Trinajstić information content (AvgIpc) is 3.07. The van der Waals surface area contributed by atoms with E-state index in [-0.39, 0.29) is 24.3 Å². The predicted molar refractivity (Wildman–Crippen MR) is 101 cm³/mol. The van der Waals surface area contributed by atoms with Crippen molar-refractivity contribution < 1.29 is 18.3 Å². The van der Waals surface area contributed by atoms with Gasteiger partial charge in [0.2, 0.25) is 5.92 Å². The number of hydrogen-bond donors (Lipinski definition) is 1. The molecule has 0 saturated heterocycles. The highest BCUT2D eigenvalue weighted by Crippen LogP contribution is 2.37. The van der Waals surface area contributed by atoms with Crippen LogP contribution in [0.3, 0.4) is 0 Å². The van der Waals surface area contributed by atoms with Crippen LogP contribution in [-0.2, 0) is 11.3 Å².